The number of aromatic nitrogens is 6. The first-order valence-electron chi connectivity index (χ1n) is 9.32. The van der Waals surface area contributed by atoms with E-state index in [-0.39, 0.29) is 5.69 Å². The lowest BCUT2D eigenvalue weighted by atomic mass is 10.1. The fourth-order valence-electron chi connectivity index (χ4n) is 3.20. The summed E-state index contributed by atoms with van der Waals surface area (Å²) in [6.45, 7) is 1.15. The summed E-state index contributed by atoms with van der Waals surface area (Å²) in [6.07, 6.45) is 8.13. The number of nitrogens with zero attached hydrogens (tertiary/aromatic N) is 6. The van der Waals surface area contributed by atoms with Gasteiger partial charge in [0.15, 0.2) is 5.82 Å². The van der Waals surface area contributed by atoms with Gasteiger partial charge >= 0.3 is 0 Å². The lowest BCUT2D eigenvalue weighted by molar-refractivity contribution is 0.604. The third-order valence-corrected chi connectivity index (χ3v) is 5.80. The first-order valence-corrected chi connectivity index (χ1v) is 10.1. The molecular formula is C21H16FN7S. The number of nitrogens with one attached hydrogen (secondary N) is 1. The first kappa shape index (κ1) is 18.3. The summed E-state index contributed by atoms with van der Waals surface area (Å²) < 4.78 is 17.4. The van der Waals surface area contributed by atoms with Crippen LogP contribution in [0, 0.1) is 5.82 Å². The number of hydrogen-bond acceptors (Lipinski definition) is 7. The number of anilines is 1. The highest BCUT2D eigenvalue weighted by atomic mass is 32.1. The van der Waals surface area contributed by atoms with Crippen LogP contribution < -0.4 is 5.32 Å². The molecule has 1 N–H and O–H groups in total. The molecule has 0 saturated carbocycles. The van der Waals surface area contributed by atoms with Crippen LogP contribution in [0.15, 0.2) is 67.4 Å². The molecule has 0 atom stereocenters. The van der Waals surface area contributed by atoms with Crippen molar-refractivity contribution in [3.8, 4) is 21.7 Å². The van der Waals surface area contributed by atoms with Gasteiger partial charge in [-0.25, -0.2) is 14.4 Å². The minimum atomic E-state index is -0.450. The van der Waals surface area contributed by atoms with Crippen LogP contribution in [0.4, 0.5) is 10.3 Å². The molecule has 9 heteroatoms. The average Bonchev–Trinajstić information content (AvgIpc) is 3.45. The highest BCUT2D eigenvalue weighted by Gasteiger charge is 2.15. The van der Waals surface area contributed by atoms with E-state index in [1.807, 2.05) is 30.3 Å². The SMILES string of the molecule is Fc1cnc(NCCn2ccnn2)nc1-c1cc2cccc(-c3ccncc3)c2s1. The Morgan fingerprint density at radius 3 is 2.83 bits per heavy atom. The Hall–Kier alpha value is -3.72. The van der Waals surface area contributed by atoms with Crippen molar-refractivity contribution in [1.29, 1.82) is 0 Å². The molecule has 148 valence electrons. The van der Waals surface area contributed by atoms with Crippen molar-refractivity contribution < 1.29 is 4.39 Å². The van der Waals surface area contributed by atoms with Gasteiger partial charge in [-0.2, -0.15) is 0 Å². The number of hydrogen-bond donors (Lipinski definition) is 1. The van der Waals surface area contributed by atoms with E-state index in [9.17, 15) is 4.39 Å². The molecule has 4 heterocycles. The Balaban J connectivity index is 1.46. The quantitative estimate of drug-likeness (QED) is 0.445. The predicted octanol–water partition coefficient (Wildman–Crippen LogP) is 4.26. The Bertz CT molecular complexity index is 1290. The van der Waals surface area contributed by atoms with Crippen LogP contribution in [0.5, 0.6) is 0 Å². The smallest absolute Gasteiger partial charge is 0.223 e. The monoisotopic (exact) mass is 417 g/mol. The second-order valence-electron chi connectivity index (χ2n) is 6.55. The molecule has 0 unspecified atom stereocenters. The number of thiophene rings is 1. The van der Waals surface area contributed by atoms with Gasteiger partial charge in [0.2, 0.25) is 5.95 Å². The third-order valence-electron chi connectivity index (χ3n) is 4.61. The summed E-state index contributed by atoms with van der Waals surface area (Å²) in [5, 5.41) is 11.8. The Labute approximate surface area is 175 Å². The van der Waals surface area contributed by atoms with Crippen LogP contribution >= 0.6 is 11.3 Å². The van der Waals surface area contributed by atoms with E-state index in [0.29, 0.717) is 19.0 Å². The molecular weight excluding hydrogens is 401 g/mol. The minimum absolute atomic E-state index is 0.287. The van der Waals surface area contributed by atoms with E-state index < -0.39 is 5.82 Å². The van der Waals surface area contributed by atoms with E-state index in [1.165, 1.54) is 17.5 Å². The van der Waals surface area contributed by atoms with Crippen LogP contribution in [0.2, 0.25) is 0 Å². The number of fused-ring (bicyclic) bond motifs is 1. The fraction of sp³-hybridized carbons (Fsp3) is 0.0952. The molecule has 5 aromatic rings. The van der Waals surface area contributed by atoms with Gasteiger partial charge in [0.05, 0.1) is 23.8 Å². The Morgan fingerprint density at radius 1 is 1.10 bits per heavy atom. The molecule has 4 aromatic heterocycles. The van der Waals surface area contributed by atoms with Crippen LogP contribution in [0.25, 0.3) is 31.8 Å². The summed E-state index contributed by atoms with van der Waals surface area (Å²) in [4.78, 5) is 13.3. The number of rotatable bonds is 6. The molecule has 0 aliphatic rings. The molecule has 30 heavy (non-hydrogen) atoms. The van der Waals surface area contributed by atoms with E-state index >= 15 is 0 Å². The molecule has 0 aliphatic carbocycles. The Kier molecular flexibility index (Phi) is 4.86. The topological polar surface area (TPSA) is 81.4 Å². The summed E-state index contributed by atoms with van der Waals surface area (Å²) in [5.41, 5.74) is 2.45. The van der Waals surface area contributed by atoms with Gasteiger partial charge in [-0.05, 0) is 34.7 Å². The van der Waals surface area contributed by atoms with Crippen LogP contribution in [0.1, 0.15) is 0 Å². The molecule has 0 amide bonds. The molecule has 1 aromatic carbocycles. The van der Waals surface area contributed by atoms with E-state index in [4.69, 9.17) is 0 Å². The summed E-state index contributed by atoms with van der Waals surface area (Å²) in [6, 6.07) is 12.0. The van der Waals surface area contributed by atoms with Crippen molar-refractivity contribution in [3.63, 3.8) is 0 Å². The zero-order chi connectivity index (χ0) is 20.3. The summed E-state index contributed by atoms with van der Waals surface area (Å²) in [5.74, 6) is -0.0767. The maximum atomic E-state index is 14.6. The maximum Gasteiger partial charge on any atom is 0.223 e. The third kappa shape index (κ3) is 3.62. The maximum absolute atomic E-state index is 14.6. The van der Waals surface area contributed by atoms with Crippen molar-refractivity contribution in [2.45, 2.75) is 6.54 Å². The van der Waals surface area contributed by atoms with Crippen LogP contribution in [-0.2, 0) is 6.54 Å². The van der Waals surface area contributed by atoms with Crippen LogP contribution in [0.3, 0.4) is 0 Å². The fourth-order valence-corrected chi connectivity index (χ4v) is 4.38. The average molecular weight is 417 g/mol. The van der Waals surface area contributed by atoms with Gasteiger partial charge in [0, 0.05) is 29.8 Å². The van der Waals surface area contributed by atoms with Gasteiger partial charge < -0.3 is 5.32 Å². The largest absolute Gasteiger partial charge is 0.352 e. The molecule has 0 aliphatic heterocycles. The first-order chi connectivity index (χ1) is 14.8. The zero-order valence-corrected chi connectivity index (χ0v) is 16.6. The predicted molar refractivity (Wildman–Crippen MR) is 115 cm³/mol. The lowest BCUT2D eigenvalue weighted by Gasteiger charge is -2.06. The van der Waals surface area contributed by atoms with Gasteiger partial charge in [0.25, 0.3) is 0 Å². The summed E-state index contributed by atoms with van der Waals surface area (Å²) >= 11 is 1.52. The normalized spacial score (nSPS) is 11.1. The van der Waals surface area contributed by atoms with E-state index in [1.54, 1.807) is 29.5 Å². The van der Waals surface area contributed by atoms with Gasteiger partial charge in [-0.3, -0.25) is 9.67 Å². The molecule has 5 rings (SSSR count). The molecule has 7 nitrogen and oxygen atoms in total. The highest BCUT2D eigenvalue weighted by molar-refractivity contribution is 7.22. The Morgan fingerprint density at radius 2 is 2.00 bits per heavy atom. The van der Waals surface area contributed by atoms with Crippen molar-refractivity contribution >= 4 is 27.4 Å². The van der Waals surface area contributed by atoms with E-state index in [2.05, 4.69) is 36.6 Å². The van der Waals surface area contributed by atoms with Gasteiger partial charge in [-0.15, -0.1) is 16.4 Å². The second kappa shape index (κ2) is 7.96. The van der Waals surface area contributed by atoms with Crippen LogP contribution in [-0.4, -0.2) is 36.5 Å². The molecule has 0 fully saturated rings. The molecule has 0 saturated heterocycles. The lowest BCUT2D eigenvalue weighted by Crippen LogP contribution is -2.13. The highest BCUT2D eigenvalue weighted by Crippen LogP contribution is 2.39. The van der Waals surface area contributed by atoms with Gasteiger partial charge in [0.1, 0.15) is 5.69 Å². The molecule has 0 bridgehead atoms. The van der Waals surface area contributed by atoms with Crippen molar-refractivity contribution in [2.75, 3.05) is 11.9 Å². The zero-order valence-electron chi connectivity index (χ0n) is 15.7. The second-order valence-corrected chi connectivity index (χ2v) is 7.61. The standard InChI is InChI=1S/C21H16FN7S/c22-17-13-25-21(24-8-10-29-11-9-26-28-29)27-19(17)18-12-15-2-1-3-16(20(15)30-18)14-4-6-23-7-5-14/h1-7,9,11-13H,8,10H2,(H,24,25,27). The summed E-state index contributed by atoms with van der Waals surface area (Å²) in [7, 11) is 0. The molecule has 0 radical (unpaired) electrons. The van der Waals surface area contributed by atoms with Crippen molar-refractivity contribution in [3.05, 3.63) is 73.2 Å². The van der Waals surface area contributed by atoms with Crippen molar-refractivity contribution in [1.82, 2.24) is 29.9 Å². The number of pyridine rings is 1. The van der Waals surface area contributed by atoms with Gasteiger partial charge in [-0.1, -0.05) is 23.4 Å². The number of benzene rings is 1. The van der Waals surface area contributed by atoms with E-state index in [0.717, 1.165) is 26.1 Å². The molecule has 0 spiro atoms. The minimum Gasteiger partial charge on any atom is -0.352 e. The number of halogens is 1. The van der Waals surface area contributed by atoms with Crippen molar-refractivity contribution in [2.24, 2.45) is 0 Å².